The molecular formula is C25H26N6O2. The van der Waals surface area contributed by atoms with Crippen LogP contribution in [0.1, 0.15) is 19.3 Å². The van der Waals surface area contributed by atoms with Crippen molar-refractivity contribution >= 4 is 39.9 Å². The number of nitrogens with one attached hydrogen (secondary N) is 1. The molecule has 1 aromatic carbocycles. The third-order valence-electron chi connectivity index (χ3n) is 7.27. The zero-order valence-electron chi connectivity index (χ0n) is 18.4. The minimum atomic E-state index is -0.385. The predicted octanol–water partition coefficient (Wildman–Crippen LogP) is 3.18. The van der Waals surface area contributed by atoms with Crippen molar-refractivity contribution in [2.24, 2.45) is 5.41 Å². The number of aromatic nitrogens is 2. The third kappa shape index (κ3) is 3.65. The maximum atomic E-state index is 12.1. The van der Waals surface area contributed by atoms with Gasteiger partial charge in [0.15, 0.2) is 0 Å². The minimum absolute atomic E-state index is 0.232. The van der Waals surface area contributed by atoms with Crippen molar-refractivity contribution in [2.75, 3.05) is 47.4 Å². The van der Waals surface area contributed by atoms with Crippen LogP contribution in [0.4, 0.5) is 21.9 Å². The highest BCUT2D eigenvalue weighted by Crippen LogP contribution is 2.43. The first-order valence-corrected chi connectivity index (χ1v) is 11.5. The van der Waals surface area contributed by atoms with Gasteiger partial charge < -0.3 is 9.80 Å². The van der Waals surface area contributed by atoms with Gasteiger partial charge in [0.05, 0.1) is 29.3 Å². The summed E-state index contributed by atoms with van der Waals surface area (Å²) in [6.07, 6.45) is 8.20. The summed E-state index contributed by atoms with van der Waals surface area (Å²) in [5, 5.41) is 3.35. The van der Waals surface area contributed by atoms with Gasteiger partial charge in [0.2, 0.25) is 5.91 Å². The Bertz CT molecular complexity index is 1210. The second-order valence-electron chi connectivity index (χ2n) is 9.38. The third-order valence-corrected chi connectivity index (χ3v) is 7.27. The number of carbonyl (C=O) groups is 2. The van der Waals surface area contributed by atoms with Gasteiger partial charge in [0, 0.05) is 61.8 Å². The molecular weight excluding hydrogens is 416 g/mol. The zero-order valence-corrected chi connectivity index (χ0v) is 18.4. The van der Waals surface area contributed by atoms with Crippen LogP contribution < -0.4 is 20.0 Å². The summed E-state index contributed by atoms with van der Waals surface area (Å²) in [7, 11) is 0. The monoisotopic (exact) mass is 442 g/mol. The quantitative estimate of drug-likeness (QED) is 0.671. The van der Waals surface area contributed by atoms with Crippen molar-refractivity contribution in [1.29, 1.82) is 0 Å². The van der Waals surface area contributed by atoms with E-state index in [0.717, 1.165) is 37.1 Å². The molecule has 8 heteroatoms. The highest BCUT2D eigenvalue weighted by molar-refractivity contribution is 6.06. The lowest BCUT2D eigenvalue weighted by Gasteiger charge is -2.55. The van der Waals surface area contributed by atoms with E-state index in [4.69, 9.17) is 0 Å². The Morgan fingerprint density at radius 1 is 0.879 bits per heavy atom. The van der Waals surface area contributed by atoms with Gasteiger partial charge in [-0.1, -0.05) is 6.07 Å². The predicted molar refractivity (Wildman–Crippen MR) is 128 cm³/mol. The Morgan fingerprint density at radius 2 is 1.73 bits per heavy atom. The number of hydrogen-bond acceptors (Lipinski definition) is 6. The average molecular weight is 443 g/mol. The van der Waals surface area contributed by atoms with Crippen molar-refractivity contribution in [3.63, 3.8) is 0 Å². The minimum Gasteiger partial charge on any atom is -0.370 e. The number of fused-ring (bicyclic) bond motifs is 1. The molecule has 3 aliphatic heterocycles. The summed E-state index contributed by atoms with van der Waals surface area (Å²) in [6, 6.07) is 12.1. The number of benzene rings is 1. The molecule has 0 radical (unpaired) electrons. The molecule has 6 rings (SSSR count). The van der Waals surface area contributed by atoms with Crippen LogP contribution >= 0.6 is 0 Å². The van der Waals surface area contributed by atoms with E-state index in [1.165, 1.54) is 24.2 Å². The standard InChI is InChI=1S/C25H26N6O2/c32-23-5-9-31(24(33)28-23)21-12-18-3-4-19(13-22(18)27-15-21)30-16-25(17-30)6-10-29(11-7-25)20-2-1-8-26-14-20/h1-4,8,12-15H,5-7,9-11,16-17H2,(H,28,32,33). The maximum absolute atomic E-state index is 12.1. The van der Waals surface area contributed by atoms with Crippen LogP contribution in [-0.4, -0.2) is 54.6 Å². The van der Waals surface area contributed by atoms with Crippen molar-refractivity contribution in [1.82, 2.24) is 15.3 Å². The molecule has 2 aromatic heterocycles. The first-order chi connectivity index (χ1) is 16.1. The van der Waals surface area contributed by atoms with Crippen LogP contribution in [0.3, 0.4) is 0 Å². The first-order valence-electron chi connectivity index (χ1n) is 11.5. The van der Waals surface area contributed by atoms with Crippen molar-refractivity contribution in [3.8, 4) is 0 Å². The summed E-state index contributed by atoms with van der Waals surface area (Å²) in [5.41, 5.74) is 4.45. The Morgan fingerprint density at radius 3 is 2.48 bits per heavy atom. The van der Waals surface area contributed by atoms with Gasteiger partial charge in [-0.05, 0) is 43.2 Å². The van der Waals surface area contributed by atoms with Gasteiger partial charge in [-0.3, -0.25) is 25.0 Å². The van der Waals surface area contributed by atoms with E-state index in [2.05, 4.69) is 49.4 Å². The fourth-order valence-corrected chi connectivity index (χ4v) is 5.30. The van der Waals surface area contributed by atoms with Gasteiger partial charge in [-0.25, -0.2) is 4.79 Å². The zero-order chi connectivity index (χ0) is 22.4. The smallest absolute Gasteiger partial charge is 0.328 e. The average Bonchev–Trinajstić information content (AvgIpc) is 2.83. The number of pyridine rings is 2. The van der Waals surface area contributed by atoms with Gasteiger partial charge in [-0.2, -0.15) is 0 Å². The van der Waals surface area contributed by atoms with E-state index >= 15 is 0 Å². The second-order valence-corrected chi connectivity index (χ2v) is 9.38. The van der Waals surface area contributed by atoms with Gasteiger partial charge in [-0.15, -0.1) is 0 Å². The number of hydrogen-bond donors (Lipinski definition) is 1. The number of amides is 3. The lowest BCUT2D eigenvalue weighted by molar-refractivity contribution is -0.120. The van der Waals surface area contributed by atoms with E-state index in [1.807, 2.05) is 24.5 Å². The van der Waals surface area contributed by atoms with Crippen molar-refractivity contribution in [2.45, 2.75) is 19.3 Å². The number of nitrogens with zero attached hydrogens (tertiary/aromatic N) is 5. The highest BCUT2D eigenvalue weighted by Gasteiger charge is 2.45. The Kier molecular flexibility index (Phi) is 4.67. The number of urea groups is 1. The molecule has 5 heterocycles. The maximum Gasteiger partial charge on any atom is 0.328 e. The molecule has 1 N–H and O–H groups in total. The molecule has 0 atom stereocenters. The number of rotatable bonds is 3. The van der Waals surface area contributed by atoms with Gasteiger partial charge in [0.25, 0.3) is 0 Å². The highest BCUT2D eigenvalue weighted by atomic mass is 16.2. The van der Waals surface area contributed by atoms with E-state index < -0.39 is 0 Å². The van der Waals surface area contributed by atoms with Crippen LogP contribution in [0.5, 0.6) is 0 Å². The molecule has 33 heavy (non-hydrogen) atoms. The molecule has 0 unspecified atom stereocenters. The van der Waals surface area contributed by atoms with E-state index in [-0.39, 0.29) is 11.9 Å². The second kappa shape index (κ2) is 7.72. The molecule has 0 bridgehead atoms. The molecule has 168 valence electrons. The van der Waals surface area contributed by atoms with Crippen molar-refractivity contribution < 1.29 is 9.59 Å². The summed E-state index contributed by atoms with van der Waals surface area (Å²) in [6.45, 7) is 4.71. The largest absolute Gasteiger partial charge is 0.370 e. The van der Waals surface area contributed by atoms with E-state index in [1.54, 1.807) is 11.1 Å². The fraction of sp³-hybridized carbons (Fsp3) is 0.360. The van der Waals surface area contributed by atoms with Crippen LogP contribution in [0, 0.1) is 5.41 Å². The van der Waals surface area contributed by atoms with Crippen LogP contribution in [0.25, 0.3) is 10.9 Å². The fourth-order valence-electron chi connectivity index (χ4n) is 5.30. The molecule has 3 fully saturated rings. The Labute approximate surface area is 192 Å². The topological polar surface area (TPSA) is 81.7 Å². The molecule has 1 spiro atoms. The number of anilines is 3. The van der Waals surface area contributed by atoms with Gasteiger partial charge in [0.1, 0.15) is 0 Å². The van der Waals surface area contributed by atoms with E-state index in [0.29, 0.717) is 24.1 Å². The lowest BCUT2D eigenvalue weighted by Crippen LogP contribution is -2.60. The molecule has 3 saturated heterocycles. The molecule has 0 saturated carbocycles. The number of imide groups is 1. The van der Waals surface area contributed by atoms with Crippen LogP contribution in [0.2, 0.25) is 0 Å². The van der Waals surface area contributed by atoms with Gasteiger partial charge >= 0.3 is 6.03 Å². The summed E-state index contributed by atoms with van der Waals surface area (Å²) in [5.74, 6) is -0.232. The Hall–Kier alpha value is -3.68. The normalized spacial score (nSPS) is 20.2. The molecule has 0 aliphatic carbocycles. The number of carbonyl (C=O) groups excluding carboxylic acids is 2. The first kappa shape index (κ1) is 20.0. The Balaban J connectivity index is 1.12. The van der Waals surface area contributed by atoms with E-state index in [9.17, 15) is 9.59 Å². The lowest BCUT2D eigenvalue weighted by atomic mass is 9.71. The summed E-state index contributed by atoms with van der Waals surface area (Å²) < 4.78 is 0. The van der Waals surface area contributed by atoms with Crippen molar-refractivity contribution in [3.05, 3.63) is 55.0 Å². The van der Waals surface area contributed by atoms with Crippen LogP contribution in [-0.2, 0) is 4.79 Å². The molecule has 3 aliphatic rings. The van der Waals surface area contributed by atoms with Crippen LogP contribution in [0.15, 0.2) is 55.0 Å². The summed E-state index contributed by atoms with van der Waals surface area (Å²) >= 11 is 0. The molecule has 8 nitrogen and oxygen atoms in total. The summed E-state index contributed by atoms with van der Waals surface area (Å²) in [4.78, 5) is 38.9. The SMILES string of the molecule is O=C1CCN(c2cnc3cc(N4CC5(CCN(c6cccnc6)CC5)C4)ccc3c2)C(=O)N1. The number of piperidine rings is 1. The molecule has 3 aromatic rings. The molecule has 3 amide bonds.